The van der Waals surface area contributed by atoms with Crippen molar-refractivity contribution < 1.29 is 19.1 Å². The van der Waals surface area contributed by atoms with Gasteiger partial charge < -0.3 is 20.1 Å². The average molecular weight is 395 g/mol. The fourth-order valence-electron chi connectivity index (χ4n) is 2.82. The first-order valence-electron chi connectivity index (χ1n) is 8.42. The van der Waals surface area contributed by atoms with Gasteiger partial charge in [-0.2, -0.15) is 0 Å². The third kappa shape index (κ3) is 3.50. The largest absolute Gasteiger partial charge is 0.497 e. The van der Waals surface area contributed by atoms with E-state index in [-0.39, 0.29) is 11.8 Å². The lowest BCUT2D eigenvalue weighted by molar-refractivity contribution is 0.101. The van der Waals surface area contributed by atoms with Crippen LogP contribution in [-0.4, -0.2) is 18.9 Å². The first-order valence-corrected chi connectivity index (χ1v) is 8.79. The lowest BCUT2D eigenvalue weighted by Crippen LogP contribution is -2.14. The monoisotopic (exact) mass is 394 g/mol. The number of anilines is 2. The van der Waals surface area contributed by atoms with E-state index >= 15 is 0 Å². The standard InChI is InChI=1S/C21H15ClN2O4/c1-27-15-6-2-12(3-7-15)20(25)23-14-5-9-18-16(11-14)21(26)24-17-10-13(22)4-8-19(17)28-18/h2-11H,1H3,(H,23,25)(H,24,26). The minimum Gasteiger partial charge on any atom is -0.497 e. The smallest absolute Gasteiger partial charge is 0.259 e. The van der Waals surface area contributed by atoms with E-state index in [1.54, 1.807) is 67.8 Å². The van der Waals surface area contributed by atoms with Crippen LogP contribution < -0.4 is 20.1 Å². The van der Waals surface area contributed by atoms with Crippen molar-refractivity contribution in [2.75, 3.05) is 17.7 Å². The lowest BCUT2D eigenvalue weighted by Gasteiger charge is -2.10. The fourth-order valence-corrected chi connectivity index (χ4v) is 2.99. The Morgan fingerprint density at radius 1 is 1.04 bits per heavy atom. The molecule has 0 saturated heterocycles. The molecule has 6 nitrogen and oxygen atoms in total. The molecule has 0 spiro atoms. The van der Waals surface area contributed by atoms with E-state index in [0.717, 1.165) is 0 Å². The van der Waals surface area contributed by atoms with Crippen molar-refractivity contribution in [1.82, 2.24) is 0 Å². The zero-order valence-electron chi connectivity index (χ0n) is 14.8. The second-order valence-corrected chi connectivity index (χ2v) is 6.53. The van der Waals surface area contributed by atoms with Crippen molar-refractivity contribution in [2.45, 2.75) is 0 Å². The molecule has 0 atom stereocenters. The molecule has 0 unspecified atom stereocenters. The molecule has 140 valence electrons. The summed E-state index contributed by atoms with van der Waals surface area (Å²) in [5.41, 5.74) is 1.73. The third-order valence-electron chi connectivity index (χ3n) is 4.24. The van der Waals surface area contributed by atoms with E-state index in [0.29, 0.717) is 44.8 Å². The number of carbonyl (C=O) groups is 2. The Morgan fingerprint density at radius 3 is 2.54 bits per heavy atom. The molecule has 0 radical (unpaired) electrons. The molecule has 1 aliphatic heterocycles. The molecule has 0 saturated carbocycles. The second-order valence-electron chi connectivity index (χ2n) is 6.09. The summed E-state index contributed by atoms with van der Waals surface area (Å²) in [7, 11) is 1.56. The molecule has 0 aliphatic carbocycles. The third-order valence-corrected chi connectivity index (χ3v) is 4.48. The van der Waals surface area contributed by atoms with Crippen LogP contribution >= 0.6 is 11.6 Å². The Morgan fingerprint density at radius 2 is 1.79 bits per heavy atom. The van der Waals surface area contributed by atoms with Crippen LogP contribution in [0.3, 0.4) is 0 Å². The summed E-state index contributed by atoms with van der Waals surface area (Å²) >= 11 is 5.99. The average Bonchev–Trinajstić information content (AvgIpc) is 2.83. The number of rotatable bonds is 3. The van der Waals surface area contributed by atoms with Gasteiger partial charge in [0.05, 0.1) is 18.4 Å². The van der Waals surface area contributed by atoms with Gasteiger partial charge in [0, 0.05) is 16.3 Å². The number of methoxy groups -OCH3 is 1. The van der Waals surface area contributed by atoms with Crippen LogP contribution in [0.15, 0.2) is 60.7 Å². The Kier molecular flexibility index (Phi) is 4.63. The molecule has 0 fully saturated rings. The minimum atomic E-state index is -0.350. The van der Waals surface area contributed by atoms with Crippen molar-refractivity contribution >= 4 is 34.8 Å². The molecule has 28 heavy (non-hydrogen) atoms. The molecule has 3 aromatic carbocycles. The molecule has 0 bridgehead atoms. The Bertz CT molecular complexity index is 1080. The number of nitrogens with one attached hydrogen (secondary N) is 2. The first kappa shape index (κ1) is 17.9. The van der Waals surface area contributed by atoms with E-state index in [1.807, 2.05) is 0 Å². The van der Waals surface area contributed by atoms with Crippen LogP contribution in [0.4, 0.5) is 11.4 Å². The number of amides is 2. The number of benzene rings is 3. The highest BCUT2D eigenvalue weighted by Gasteiger charge is 2.22. The Balaban J connectivity index is 1.59. The molecule has 4 rings (SSSR count). The van der Waals surface area contributed by atoms with Gasteiger partial charge >= 0.3 is 0 Å². The van der Waals surface area contributed by atoms with Gasteiger partial charge in [-0.15, -0.1) is 0 Å². The molecule has 1 heterocycles. The van der Waals surface area contributed by atoms with Crippen LogP contribution in [0.1, 0.15) is 20.7 Å². The maximum atomic E-state index is 12.6. The quantitative estimate of drug-likeness (QED) is 0.658. The van der Waals surface area contributed by atoms with Crippen molar-refractivity contribution in [3.63, 3.8) is 0 Å². The maximum absolute atomic E-state index is 12.6. The molecule has 7 heteroatoms. The highest BCUT2D eigenvalue weighted by atomic mass is 35.5. The number of fused-ring (bicyclic) bond motifs is 2. The minimum absolute atomic E-state index is 0.299. The normalized spacial score (nSPS) is 12.0. The van der Waals surface area contributed by atoms with E-state index in [4.69, 9.17) is 21.1 Å². The number of hydrogen-bond donors (Lipinski definition) is 2. The topological polar surface area (TPSA) is 76.7 Å². The number of hydrogen-bond acceptors (Lipinski definition) is 4. The summed E-state index contributed by atoms with van der Waals surface area (Å²) < 4.78 is 10.9. The highest BCUT2D eigenvalue weighted by Crippen LogP contribution is 2.38. The van der Waals surface area contributed by atoms with Gasteiger partial charge in [-0.25, -0.2) is 0 Å². The van der Waals surface area contributed by atoms with E-state index < -0.39 is 0 Å². The first-order chi connectivity index (χ1) is 13.5. The summed E-state index contributed by atoms with van der Waals surface area (Å²) in [5, 5.41) is 6.04. The van der Waals surface area contributed by atoms with Gasteiger partial charge in [-0.1, -0.05) is 11.6 Å². The number of halogens is 1. The van der Waals surface area contributed by atoms with Gasteiger partial charge in [0.15, 0.2) is 5.75 Å². The van der Waals surface area contributed by atoms with Crippen molar-refractivity contribution in [3.8, 4) is 17.2 Å². The zero-order chi connectivity index (χ0) is 19.7. The molecular formula is C21H15ClN2O4. The molecule has 3 aromatic rings. The van der Waals surface area contributed by atoms with Crippen LogP contribution in [0.2, 0.25) is 5.02 Å². The van der Waals surface area contributed by atoms with Crippen LogP contribution in [0, 0.1) is 0 Å². The summed E-state index contributed by atoms with van der Waals surface area (Å²) in [6, 6.07) is 16.6. The van der Waals surface area contributed by atoms with Crippen LogP contribution in [0.5, 0.6) is 17.2 Å². The van der Waals surface area contributed by atoms with Gasteiger partial charge in [0.2, 0.25) is 0 Å². The molecule has 2 amide bonds. The number of carbonyl (C=O) groups excluding carboxylic acids is 2. The van der Waals surface area contributed by atoms with E-state index in [9.17, 15) is 9.59 Å². The Hall–Kier alpha value is -3.51. The van der Waals surface area contributed by atoms with E-state index in [2.05, 4.69) is 10.6 Å². The summed E-state index contributed by atoms with van der Waals surface area (Å²) in [4.78, 5) is 25.0. The molecule has 0 aromatic heterocycles. The fraction of sp³-hybridized carbons (Fsp3) is 0.0476. The van der Waals surface area contributed by atoms with Crippen molar-refractivity contribution in [1.29, 1.82) is 0 Å². The predicted molar refractivity (Wildman–Crippen MR) is 107 cm³/mol. The molecule has 2 N–H and O–H groups in total. The summed E-state index contributed by atoms with van der Waals surface area (Å²) in [5.74, 6) is 0.895. The van der Waals surface area contributed by atoms with Crippen molar-refractivity contribution in [2.24, 2.45) is 0 Å². The van der Waals surface area contributed by atoms with Gasteiger partial charge in [0.25, 0.3) is 11.8 Å². The van der Waals surface area contributed by atoms with Gasteiger partial charge in [0.1, 0.15) is 11.5 Å². The summed E-state index contributed by atoms with van der Waals surface area (Å²) in [6.07, 6.45) is 0. The predicted octanol–water partition coefficient (Wildman–Crippen LogP) is 4.96. The summed E-state index contributed by atoms with van der Waals surface area (Å²) in [6.45, 7) is 0. The van der Waals surface area contributed by atoms with Gasteiger partial charge in [-0.05, 0) is 60.7 Å². The zero-order valence-corrected chi connectivity index (χ0v) is 15.5. The maximum Gasteiger partial charge on any atom is 0.259 e. The van der Waals surface area contributed by atoms with E-state index in [1.165, 1.54) is 0 Å². The van der Waals surface area contributed by atoms with Crippen LogP contribution in [-0.2, 0) is 0 Å². The van der Waals surface area contributed by atoms with Crippen LogP contribution in [0.25, 0.3) is 0 Å². The molecule has 1 aliphatic rings. The highest BCUT2D eigenvalue weighted by molar-refractivity contribution is 6.31. The Labute approximate surface area is 166 Å². The van der Waals surface area contributed by atoms with Crippen molar-refractivity contribution in [3.05, 3.63) is 76.8 Å². The number of ether oxygens (including phenoxy) is 2. The lowest BCUT2D eigenvalue weighted by atomic mass is 10.1. The SMILES string of the molecule is COc1ccc(C(=O)Nc2ccc3c(c2)C(=O)Nc2cc(Cl)ccc2O3)cc1. The van der Waals surface area contributed by atoms with Gasteiger partial charge in [-0.3, -0.25) is 9.59 Å². The molecular weight excluding hydrogens is 380 g/mol. The second kappa shape index (κ2) is 7.25.